The van der Waals surface area contributed by atoms with Crippen LogP contribution in [0.25, 0.3) is 0 Å². The number of fused-ring (bicyclic) bond motifs is 1. The van der Waals surface area contributed by atoms with Gasteiger partial charge in [0.2, 0.25) is 0 Å². The number of allylic oxidation sites excluding steroid dienone is 1. The molecule has 8 atom stereocenters. The molecule has 1 aromatic heterocycles. The maximum absolute atomic E-state index is 12.0. The standard InChI is InChI=1S/C17H22N3O10P.Na/c18-12-1-2-20(17(25)19-12)15-14(22)13(21)11(30-15)6-29-31(26,27)28-5-10-8-3-7(16(23)24)4-9(8)10;/h1-3,8-11,13-15,21-22H,4-6H2,(H,23,24)(H,26,27)(H2,18,19,25);/q;+1/p-1/t8-,9+,10?,11?,13?,14?,15?;/m1./s1. The fourth-order valence-corrected chi connectivity index (χ4v) is 4.81. The summed E-state index contributed by atoms with van der Waals surface area (Å²) in [5.74, 6) is -1.08. The van der Waals surface area contributed by atoms with E-state index in [0.717, 1.165) is 4.57 Å². The third-order valence-electron chi connectivity index (χ3n) is 5.81. The molecule has 0 bridgehead atoms. The summed E-state index contributed by atoms with van der Waals surface area (Å²) in [5.41, 5.74) is 4.92. The topological polar surface area (TPSA) is 206 Å². The molecule has 6 unspecified atom stereocenters. The number of hydrogen-bond acceptors (Lipinski definition) is 11. The van der Waals surface area contributed by atoms with Gasteiger partial charge in [-0.15, -0.1) is 0 Å². The summed E-state index contributed by atoms with van der Waals surface area (Å²) < 4.78 is 28.0. The van der Waals surface area contributed by atoms with Crippen LogP contribution in [-0.2, 0) is 23.1 Å². The molecule has 1 aliphatic heterocycles. The summed E-state index contributed by atoms with van der Waals surface area (Å²) in [7, 11) is -4.74. The van der Waals surface area contributed by atoms with Crippen molar-refractivity contribution in [2.45, 2.75) is 31.0 Å². The zero-order chi connectivity index (χ0) is 22.5. The first-order valence-corrected chi connectivity index (χ1v) is 10.9. The number of carboxylic acids is 1. The van der Waals surface area contributed by atoms with E-state index in [9.17, 15) is 29.3 Å². The summed E-state index contributed by atoms with van der Waals surface area (Å²) in [6.45, 7) is -0.793. The molecule has 13 nitrogen and oxygen atoms in total. The number of carboxylic acid groups (broad SMARTS) is 1. The molecule has 0 radical (unpaired) electrons. The van der Waals surface area contributed by atoms with Gasteiger partial charge in [-0.1, -0.05) is 6.08 Å². The van der Waals surface area contributed by atoms with Crippen LogP contribution in [-0.4, -0.2) is 62.4 Å². The number of phosphoric ester groups is 1. The van der Waals surface area contributed by atoms with E-state index in [4.69, 9.17) is 24.6 Å². The summed E-state index contributed by atoms with van der Waals surface area (Å²) >= 11 is 0. The molecular formula is C17H21N3NaO10P. The quantitative estimate of drug-likeness (QED) is 0.204. The molecule has 2 fully saturated rings. The first kappa shape index (κ1) is 25.5. The molecular weight excluding hydrogens is 460 g/mol. The fourth-order valence-electron chi connectivity index (χ4n) is 4.05. The summed E-state index contributed by atoms with van der Waals surface area (Å²) in [6.07, 6.45) is -2.41. The van der Waals surface area contributed by atoms with Crippen LogP contribution in [0.15, 0.2) is 28.7 Å². The maximum Gasteiger partial charge on any atom is 1.00 e. The van der Waals surface area contributed by atoms with Crippen molar-refractivity contribution in [1.82, 2.24) is 9.55 Å². The van der Waals surface area contributed by atoms with Gasteiger partial charge in [0, 0.05) is 11.8 Å². The molecule has 15 heteroatoms. The Kier molecular flexibility index (Phi) is 7.67. The van der Waals surface area contributed by atoms with Crippen LogP contribution in [0.2, 0.25) is 0 Å². The number of ether oxygens (including phenoxy) is 1. The van der Waals surface area contributed by atoms with Crippen molar-refractivity contribution in [3.05, 3.63) is 34.4 Å². The van der Waals surface area contributed by atoms with E-state index in [2.05, 4.69) is 4.98 Å². The molecule has 1 saturated carbocycles. The monoisotopic (exact) mass is 481 g/mol. The van der Waals surface area contributed by atoms with Crippen LogP contribution in [0.3, 0.4) is 0 Å². The van der Waals surface area contributed by atoms with Crippen molar-refractivity contribution in [2.75, 3.05) is 18.9 Å². The van der Waals surface area contributed by atoms with Crippen LogP contribution in [0.1, 0.15) is 12.6 Å². The minimum absolute atomic E-state index is 0. The van der Waals surface area contributed by atoms with E-state index >= 15 is 0 Å². The van der Waals surface area contributed by atoms with Gasteiger partial charge >= 0.3 is 41.2 Å². The number of aliphatic hydroxyl groups is 2. The Hall–Kier alpha value is -1.12. The Morgan fingerprint density at radius 1 is 1.34 bits per heavy atom. The summed E-state index contributed by atoms with van der Waals surface area (Å²) in [5, 5.41) is 29.2. The number of carbonyl (C=O) groups is 1. The Morgan fingerprint density at radius 2 is 2.03 bits per heavy atom. The molecule has 4 rings (SSSR count). The number of aliphatic hydroxyl groups excluding tert-OH is 2. The molecule has 5 N–H and O–H groups in total. The van der Waals surface area contributed by atoms with E-state index in [1.165, 1.54) is 12.3 Å². The number of phosphoric acid groups is 1. The Labute approximate surface area is 203 Å². The second kappa shape index (κ2) is 9.63. The van der Waals surface area contributed by atoms with Crippen LogP contribution < -0.4 is 45.9 Å². The van der Waals surface area contributed by atoms with Crippen molar-refractivity contribution >= 4 is 19.6 Å². The number of aliphatic carboxylic acids is 1. The average Bonchev–Trinajstić information content (AvgIpc) is 3.01. The predicted molar refractivity (Wildman–Crippen MR) is 99.1 cm³/mol. The molecule has 1 aromatic rings. The van der Waals surface area contributed by atoms with Gasteiger partial charge in [0.25, 0.3) is 7.82 Å². The van der Waals surface area contributed by atoms with E-state index in [0.29, 0.717) is 12.0 Å². The molecule has 0 spiro atoms. The minimum atomic E-state index is -4.74. The van der Waals surface area contributed by atoms with Crippen molar-refractivity contribution in [3.63, 3.8) is 0 Å². The van der Waals surface area contributed by atoms with E-state index in [-0.39, 0.29) is 59.7 Å². The molecule has 0 amide bonds. The Balaban J connectivity index is 0.00000289. The smallest absolute Gasteiger partial charge is 0.756 e. The molecule has 32 heavy (non-hydrogen) atoms. The van der Waals surface area contributed by atoms with Crippen molar-refractivity contribution in [3.8, 4) is 0 Å². The molecule has 2 heterocycles. The van der Waals surface area contributed by atoms with E-state index in [1.807, 2.05) is 0 Å². The third-order valence-corrected chi connectivity index (χ3v) is 6.74. The van der Waals surface area contributed by atoms with Gasteiger partial charge < -0.3 is 39.7 Å². The van der Waals surface area contributed by atoms with Gasteiger partial charge in [-0.3, -0.25) is 9.13 Å². The first-order chi connectivity index (χ1) is 14.6. The van der Waals surface area contributed by atoms with Crippen LogP contribution in [0.5, 0.6) is 0 Å². The Morgan fingerprint density at radius 3 is 2.62 bits per heavy atom. The predicted octanol–water partition coefficient (Wildman–Crippen LogP) is -4.77. The third kappa shape index (κ3) is 5.17. The van der Waals surface area contributed by atoms with Crippen molar-refractivity contribution in [2.24, 2.45) is 17.8 Å². The van der Waals surface area contributed by atoms with Gasteiger partial charge in [-0.25, -0.2) is 9.59 Å². The van der Waals surface area contributed by atoms with E-state index < -0.39 is 50.6 Å². The first-order valence-electron chi connectivity index (χ1n) is 9.48. The van der Waals surface area contributed by atoms with Crippen molar-refractivity contribution in [1.29, 1.82) is 0 Å². The summed E-state index contributed by atoms with van der Waals surface area (Å²) in [4.78, 5) is 38.4. The number of rotatable bonds is 8. The molecule has 170 valence electrons. The second-order valence-electron chi connectivity index (χ2n) is 7.73. The SMILES string of the molecule is Nc1ccn(C2OC(COP(=O)([O-])OCC3[C@H]4CC(C(=O)O)=C[C@@H]34)C(O)C2O)c(=O)n1.[Na+]. The van der Waals surface area contributed by atoms with Gasteiger partial charge in [0.15, 0.2) is 6.23 Å². The van der Waals surface area contributed by atoms with Crippen LogP contribution in [0, 0.1) is 17.8 Å². The zero-order valence-corrected chi connectivity index (χ0v) is 19.9. The zero-order valence-electron chi connectivity index (χ0n) is 17.0. The van der Waals surface area contributed by atoms with Gasteiger partial charge in [-0.2, -0.15) is 4.98 Å². The van der Waals surface area contributed by atoms with E-state index in [1.54, 1.807) is 6.08 Å². The van der Waals surface area contributed by atoms with Gasteiger partial charge in [-0.05, 0) is 30.2 Å². The molecule has 2 aliphatic carbocycles. The van der Waals surface area contributed by atoms with Crippen LogP contribution >= 0.6 is 7.82 Å². The number of hydrogen-bond donors (Lipinski definition) is 4. The molecule has 0 aromatic carbocycles. The largest absolute Gasteiger partial charge is 1.00 e. The molecule has 1 saturated heterocycles. The Bertz CT molecular complexity index is 1020. The number of anilines is 1. The minimum Gasteiger partial charge on any atom is -0.756 e. The van der Waals surface area contributed by atoms with Gasteiger partial charge in [0.05, 0.1) is 13.2 Å². The maximum atomic E-state index is 12.0. The number of aromatic nitrogens is 2. The number of nitrogens with zero attached hydrogens (tertiary/aromatic N) is 2. The van der Waals surface area contributed by atoms with Gasteiger partial charge in [0.1, 0.15) is 24.1 Å². The number of nitrogen functional groups attached to an aromatic ring is 1. The normalized spacial score (nSPS) is 34.8. The fraction of sp³-hybridized carbons (Fsp3) is 0.588. The summed E-state index contributed by atoms with van der Waals surface area (Å²) in [6, 6.07) is 1.30. The average molecular weight is 481 g/mol. The van der Waals surface area contributed by atoms with Crippen LogP contribution in [0.4, 0.5) is 5.82 Å². The molecule has 3 aliphatic rings. The second-order valence-corrected chi connectivity index (χ2v) is 9.14. The number of nitrogens with two attached hydrogens (primary N) is 1. The van der Waals surface area contributed by atoms with Crippen molar-refractivity contribution < 1.29 is 72.9 Å².